The summed E-state index contributed by atoms with van der Waals surface area (Å²) in [6.07, 6.45) is 0.173. The Hall–Kier alpha value is -2.00. The topological polar surface area (TPSA) is 103 Å². The van der Waals surface area contributed by atoms with E-state index in [1.807, 2.05) is 0 Å². The van der Waals surface area contributed by atoms with Crippen LogP contribution < -0.4 is 19.5 Å². The molecule has 2 aliphatic heterocycles. The van der Waals surface area contributed by atoms with Gasteiger partial charge in [-0.15, -0.1) is 0 Å². The van der Waals surface area contributed by atoms with Crippen LogP contribution >= 0.6 is 0 Å². The minimum Gasteiger partial charge on any atom is -0.468 e. The first-order valence-electron chi connectivity index (χ1n) is 6.72. The third-order valence-electron chi connectivity index (χ3n) is 3.65. The molecule has 2 unspecified atom stereocenters. The second-order valence-corrected chi connectivity index (χ2v) is 7.02. The molecule has 22 heavy (non-hydrogen) atoms. The van der Waals surface area contributed by atoms with Crippen LogP contribution in [-0.4, -0.2) is 46.1 Å². The van der Waals surface area contributed by atoms with Gasteiger partial charge in [-0.05, 0) is 18.6 Å². The van der Waals surface area contributed by atoms with E-state index in [9.17, 15) is 13.2 Å². The standard InChI is InChI=1S/C13H16N2O6S/c1-19-13(16)10-5-9(6-14-10)22(17,18)15-8-2-3-11-12(4-8)21-7-20-11/h2-4,9-10,14-15H,5-7H2,1H3. The summed E-state index contributed by atoms with van der Waals surface area (Å²) in [5.41, 5.74) is 0.394. The molecule has 0 saturated carbocycles. The van der Waals surface area contributed by atoms with Crippen molar-refractivity contribution >= 4 is 21.7 Å². The van der Waals surface area contributed by atoms with Crippen molar-refractivity contribution in [2.24, 2.45) is 0 Å². The molecule has 3 rings (SSSR count). The lowest BCUT2D eigenvalue weighted by Crippen LogP contribution is -2.31. The molecule has 2 heterocycles. The fourth-order valence-corrected chi connectivity index (χ4v) is 3.85. The first-order chi connectivity index (χ1) is 10.5. The normalized spacial score (nSPS) is 23.3. The third kappa shape index (κ3) is 2.81. The summed E-state index contributed by atoms with van der Waals surface area (Å²) in [6.45, 7) is 0.318. The van der Waals surface area contributed by atoms with Gasteiger partial charge in [-0.2, -0.15) is 0 Å². The summed E-state index contributed by atoms with van der Waals surface area (Å²) in [6, 6.07) is 4.22. The summed E-state index contributed by atoms with van der Waals surface area (Å²) >= 11 is 0. The van der Waals surface area contributed by atoms with Gasteiger partial charge in [-0.3, -0.25) is 9.52 Å². The Morgan fingerprint density at radius 1 is 1.36 bits per heavy atom. The molecular formula is C13H16N2O6S. The monoisotopic (exact) mass is 328 g/mol. The van der Waals surface area contributed by atoms with E-state index in [-0.39, 0.29) is 19.8 Å². The lowest BCUT2D eigenvalue weighted by atomic mass is 10.2. The maximum atomic E-state index is 12.4. The third-order valence-corrected chi connectivity index (χ3v) is 5.40. The lowest BCUT2D eigenvalue weighted by molar-refractivity contribution is -0.142. The summed E-state index contributed by atoms with van der Waals surface area (Å²) in [5.74, 6) is 0.620. The van der Waals surface area contributed by atoms with Gasteiger partial charge in [0.2, 0.25) is 16.8 Å². The van der Waals surface area contributed by atoms with Crippen molar-refractivity contribution in [2.75, 3.05) is 25.2 Å². The zero-order valence-electron chi connectivity index (χ0n) is 11.9. The van der Waals surface area contributed by atoms with Crippen LogP contribution in [0.15, 0.2) is 18.2 Å². The average Bonchev–Trinajstić information content (AvgIpc) is 3.14. The number of methoxy groups -OCH3 is 1. The van der Waals surface area contributed by atoms with Gasteiger partial charge in [0.15, 0.2) is 11.5 Å². The van der Waals surface area contributed by atoms with E-state index in [4.69, 9.17) is 9.47 Å². The number of carbonyl (C=O) groups excluding carboxylic acids is 1. The molecule has 2 atom stereocenters. The summed E-state index contributed by atoms with van der Waals surface area (Å²) < 4.78 is 42.3. The fraction of sp³-hybridized carbons (Fsp3) is 0.462. The number of hydrogen-bond donors (Lipinski definition) is 2. The number of benzene rings is 1. The Morgan fingerprint density at radius 3 is 2.91 bits per heavy atom. The van der Waals surface area contributed by atoms with Crippen molar-refractivity contribution in [2.45, 2.75) is 17.7 Å². The molecule has 0 aromatic heterocycles. The maximum Gasteiger partial charge on any atom is 0.322 e. The zero-order valence-corrected chi connectivity index (χ0v) is 12.7. The van der Waals surface area contributed by atoms with Crippen LogP contribution in [0.3, 0.4) is 0 Å². The van der Waals surface area contributed by atoms with E-state index < -0.39 is 27.3 Å². The lowest BCUT2D eigenvalue weighted by Gasteiger charge is -2.13. The van der Waals surface area contributed by atoms with Gasteiger partial charge in [-0.25, -0.2) is 8.42 Å². The smallest absolute Gasteiger partial charge is 0.322 e. The molecule has 0 radical (unpaired) electrons. The Labute approximate surface area is 127 Å². The highest BCUT2D eigenvalue weighted by Crippen LogP contribution is 2.34. The number of sulfonamides is 1. The van der Waals surface area contributed by atoms with Gasteiger partial charge >= 0.3 is 5.97 Å². The molecule has 120 valence electrons. The minimum absolute atomic E-state index is 0.124. The molecule has 9 heteroatoms. The molecule has 0 spiro atoms. The van der Waals surface area contributed by atoms with Gasteiger partial charge in [0.25, 0.3) is 0 Å². The van der Waals surface area contributed by atoms with Crippen LogP contribution in [0.25, 0.3) is 0 Å². The summed E-state index contributed by atoms with van der Waals surface area (Å²) in [4.78, 5) is 11.4. The van der Waals surface area contributed by atoms with Crippen LogP contribution in [0.4, 0.5) is 5.69 Å². The number of hydrogen-bond acceptors (Lipinski definition) is 7. The van der Waals surface area contributed by atoms with Gasteiger partial charge < -0.3 is 19.5 Å². The molecule has 0 amide bonds. The predicted molar refractivity (Wildman–Crippen MR) is 77.3 cm³/mol. The van der Waals surface area contributed by atoms with Crippen molar-refractivity contribution in [3.8, 4) is 11.5 Å². The van der Waals surface area contributed by atoms with E-state index in [1.54, 1.807) is 18.2 Å². The molecule has 1 fully saturated rings. The molecule has 2 aliphatic rings. The molecule has 1 aromatic carbocycles. The van der Waals surface area contributed by atoms with Gasteiger partial charge in [0, 0.05) is 12.6 Å². The van der Waals surface area contributed by atoms with Crippen LogP contribution in [0.5, 0.6) is 11.5 Å². The van der Waals surface area contributed by atoms with Gasteiger partial charge in [0.1, 0.15) is 6.04 Å². The van der Waals surface area contributed by atoms with Crippen LogP contribution in [0.2, 0.25) is 0 Å². The molecule has 2 N–H and O–H groups in total. The maximum absolute atomic E-state index is 12.4. The number of esters is 1. The van der Waals surface area contributed by atoms with E-state index >= 15 is 0 Å². The Kier molecular flexibility index (Phi) is 3.83. The first-order valence-corrected chi connectivity index (χ1v) is 8.27. The van der Waals surface area contributed by atoms with Gasteiger partial charge in [0.05, 0.1) is 18.0 Å². The highest BCUT2D eigenvalue weighted by atomic mass is 32.2. The van der Waals surface area contributed by atoms with Crippen molar-refractivity contribution in [3.05, 3.63) is 18.2 Å². The summed E-state index contributed by atoms with van der Waals surface area (Å²) in [5, 5.41) is 2.15. The molecular weight excluding hydrogens is 312 g/mol. The van der Waals surface area contributed by atoms with Crippen molar-refractivity contribution < 1.29 is 27.4 Å². The minimum atomic E-state index is -3.62. The fourth-order valence-electron chi connectivity index (χ4n) is 2.47. The number of carbonyl (C=O) groups is 1. The van der Waals surface area contributed by atoms with E-state index in [0.717, 1.165) is 0 Å². The number of anilines is 1. The number of fused-ring (bicyclic) bond motifs is 1. The molecule has 0 bridgehead atoms. The zero-order chi connectivity index (χ0) is 15.7. The highest BCUT2D eigenvalue weighted by Gasteiger charge is 2.37. The van der Waals surface area contributed by atoms with Crippen molar-refractivity contribution in [1.82, 2.24) is 5.32 Å². The molecule has 1 saturated heterocycles. The van der Waals surface area contributed by atoms with Crippen LogP contribution in [-0.2, 0) is 19.6 Å². The second-order valence-electron chi connectivity index (χ2n) is 5.06. The summed E-state index contributed by atoms with van der Waals surface area (Å²) in [7, 11) is -2.35. The largest absolute Gasteiger partial charge is 0.468 e. The average molecular weight is 328 g/mol. The van der Waals surface area contributed by atoms with Crippen molar-refractivity contribution in [1.29, 1.82) is 0 Å². The molecule has 0 aliphatic carbocycles. The second kappa shape index (κ2) is 5.65. The highest BCUT2D eigenvalue weighted by molar-refractivity contribution is 7.93. The first kappa shape index (κ1) is 14.9. The number of rotatable bonds is 4. The number of ether oxygens (including phenoxy) is 3. The van der Waals surface area contributed by atoms with E-state index in [2.05, 4.69) is 14.8 Å². The molecule has 1 aromatic rings. The Morgan fingerprint density at radius 2 is 2.14 bits per heavy atom. The van der Waals surface area contributed by atoms with E-state index in [1.165, 1.54) is 7.11 Å². The quantitative estimate of drug-likeness (QED) is 0.753. The SMILES string of the molecule is COC(=O)C1CC(S(=O)(=O)Nc2ccc3c(c2)OCO3)CN1. The number of nitrogens with one attached hydrogen (secondary N) is 2. The van der Waals surface area contributed by atoms with Crippen molar-refractivity contribution in [3.63, 3.8) is 0 Å². The molecule has 8 nitrogen and oxygen atoms in total. The van der Waals surface area contributed by atoms with Crippen LogP contribution in [0, 0.1) is 0 Å². The Balaban J connectivity index is 1.70. The predicted octanol–water partition coefficient (Wildman–Crippen LogP) is 0.0605. The van der Waals surface area contributed by atoms with Crippen LogP contribution in [0.1, 0.15) is 6.42 Å². The Bertz CT molecular complexity index is 690. The van der Waals surface area contributed by atoms with Gasteiger partial charge in [-0.1, -0.05) is 0 Å². The van der Waals surface area contributed by atoms with E-state index in [0.29, 0.717) is 17.2 Å².